The average Bonchev–Trinajstić information content (AvgIpc) is 3.09. The van der Waals surface area contributed by atoms with Gasteiger partial charge in [0.05, 0.1) is 30.3 Å². The first-order valence-electron chi connectivity index (χ1n) is 6.19. The van der Waals surface area contributed by atoms with Crippen molar-refractivity contribution in [1.82, 2.24) is 20.1 Å². The van der Waals surface area contributed by atoms with E-state index in [-0.39, 0.29) is 24.1 Å². The molecule has 0 spiro atoms. The van der Waals surface area contributed by atoms with Gasteiger partial charge in [0.25, 0.3) is 11.8 Å². The first-order chi connectivity index (χ1) is 10.2. The monoisotopic (exact) mass is 286 g/mol. The molecule has 21 heavy (non-hydrogen) atoms. The molecule has 0 unspecified atom stereocenters. The normalized spacial score (nSPS) is 13.4. The van der Waals surface area contributed by atoms with E-state index < -0.39 is 17.8 Å². The van der Waals surface area contributed by atoms with Gasteiger partial charge in [-0.25, -0.2) is 4.79 Å². The molecule has 0 saturated heterocycles. The number of carbonyl (C=O) groups excluding carboxylic acids is 3. The molecule has 0 bridgehead atoms. The largest absolute Gasteiger partial charge is 0.335 e. The van der Waals surface area contributed by atoms with Gasteiger partial charge < -0.3 is 4.84 Å². The predicted octanol–water partition coefficient (Wildman–Crippen LogP) is 0.423. The summed E-state index contributed by atoms with van der Waals surface area (Å²) in [5.41, 5.74) is 0.457. The first-order valence-corrected chi connectivity index (χ1v) is 6.19. The topological polar surface area (TPSA) is 94.4 Å². The fraction of sp³-hybridized carbons (Fsp3) is 0.154. The Hall–Kier alpha value is -3.03. The van der Waals surface area contributed by atoms with Gasteiger partial charge in [-0.15, -0.1) is 5.10 Å². The van der Waals surface area contributed by atoms with Crippen LogP contribution in [0.25, 0.3) is 0 Å². The van der Waals surface area contributed by atoms with Crippen molar-refractivity contribution in [3.8, 4) is 0 Å². The average molecular weight is 286 g/mol. The van der Waals surface area contributed by atoms with Gasteiger partial charge in [0.1, 0.15) is 0 Å². The maximum absolute atomic E-state index is 12.0. The maximum Gasteiger partial charge on any atom is 0.335 e. The second-order valence-corrected chi connectivity index (χ2v) is 4.33. The molecule has 0 fully saturated rings. The van der Waals surface area contributed by atoms with Crippen LogP contribution in [0.2, 0.25) is 0 Å². The van der Waals surface area contributed by atoms with Crippen molar-refractivity contribution < 1.29 is 19.2 Å². The second-order valence-electron chi connectivity index (χ2n) is 4.33. The van der Waals surface area contributed by atoms with E-state index in [1.165, 1.54) is 23.0 Å². The van der Waals surface area contributed by atoms with Crippen LogP contribution in [0.1, 0.15) is 27.1 Å². The molecule has 1 aromatic heterocycles. The molecule has 0 saturated carbocycles. The zero-order valence-electron chi connectivity index (χ0n) is 10.8. The minimum absolute atomic E-state index is 0.0310. The Kier molecular flexibility index (Phi) is 3.19. The van der Waals surface area contributed by atoms with Crippen molar-refractivity contribution >= 4 is 17.8 Å². The predicted molar refractivity (Wildman–Crippen MR) is 67.7 cm³/mol. The van der Waals surface area contributed by atoms with E-state index in [1.807, 2.05) is 0 Å². The third-order valence-corrected chi connectivity index (χ3v) is 2.97. The Morgan fingerprint density at radius 3 is 2.38 bits per heavy atom. The van der Waals surface area contributed by atoms with Crippen molar-refractivity contribution in [1.29, 1.82) is 0 Å². The highest BCUT2D eigenvalue weighted by atomic mass is 16.7. The van der Waals surface area contributed by atoms with Crippen LogP contribution in [-0.2, 0) is 16.2 Å². The van der Waals surface area contributed by atoms with Gasteiger partial charge >= 0.3 is 5.97 Å². The standard InChI is InChI=1S/C13H10N4O4/c18-11(5-7-16-8-6-14-15-16)21-17-12(19)9-3-1-2-4-10(9)13(17)20/h1-4,6,8H,5,7H2. The third-order valence-electron chi connectivity index (χ3n) is 2.97. The molecule has 1 aromatic carbocycles. The van der Waals surface area contributed by atoms with E-state index in [0.29, 0.717) is 5.06 Å². The lowest BCUT2D eigenvalue weighted by Crippen LogP contribution is -2.32. The van der Waals surface area contributed by atoms with Crippen molar-refractivity contribution in [2.24, 2.45) is 0 Å². The summed E-state index contributed by atoms with van der Waals surface area (Å²) in [6.07, 6.45) is 3.04. The SMILES string of the molecule is O=C(CCn1ccnn1)ON1C(=O)c2ccccc2C1=O. The summed E-state index contributed by atoms with van der Waals surface area (Å²) in [6, 6.07) is 6.30. The van der Waals surface area contributed by atoms with Crippen molar-refractivity contribution in [3.63, 3.8) is 0 Å². The van der Waals surface area contributed by atoms with Gasteiger partial charge in [0.2, 0.25) is 0 Å². The van der Waals surface area contributed by atoms with E-state index in [1.54, 1.807) is 18.3 Å². The molecule has 0 radical (unpaired) electrons. The Morgan fingerprint density at radius 2 is 1.81 bits per heavy atom. The van der Waals surface area contributed by atoms with Crippen LogP contribution >= 0.6 is 0 Å². The van der Waals surface area contributed by atoms with Gasteiger partial charge in [-0.3, -0.25) is 14.3 Å². The molecule has 8 nitrogen and oxygen atoms in total. The zero-order valence-corrected chi connectivity index (χ0v) is 10.8. The number of benzene rings is 1. The fourth-order valence-electron chi connectivity index (χ4n) is 1.96. The number of hydrogen-bond donors (Lipinski definition) is 0. The van der Waals surface area contributed by atoms with E-state index in [2.05, 4.69) is 10.3 Å². The van der Waals surface area contributed by atoms with Gasteiger partial charge in [0.15, 0.2) is 0 Å². The number of rotatable bonds is 4. The highest BCUT2D eigenvalue weighted by Crippen LogP contribution is 2.22. The number of aromatic nitrogens is 3. The molecule has 0 atom stereocenters. The van der Waals surface area contributed by atoms with Crippen LogP contribution in [0.15, 0.2) is 36.7 Å². The molecule has 2 amide bonds. The number of nitrogens with zero attached hydrogens (tertiary/aromatic N) is 4. The first kappa shape index (κ1) is 13.0. The minimum Gasteiger partial charge on any atom is -0.330 e. The molecular weight excluding hydrogens is 276 g/mol. The number of amides is 2. The molecule has 8 heteroatoms. The highest BCUT2D eigenvalue weighted by Gasteiger charge is 2.38. The molecule has 1 aliphatic rings. The van der Waals surface area contributed by atoms with Crippen molar-refractivity contribution in [3.05, 3.63) is 47.8 Å². The summed E-state index contributed by atoms with van der Waals surface area (Å²) >= 11 is 0. The van der Waals surface area contributed by atoms with Gasteiger partial charge in [-0.1, -0.05) is 22.4 Å². The molecule has 0 aliphatic carbocycles. The minimum atomic E-state index is -0.694. The molecule has 1 aliphatic heterocycles. The number of fused-ring (bicyclic) bond motifs is 1. The Morgan fingerprint density at radius 1 is 1.14 bits per heavy atom. The quantitative estimate of drug-likeness (QED) is 0.756. The highest BCUT2D eigenvalue weighted by molar-refractivity contribution is 6.20. The van der Waals surface area contributed by atoms with Crippen molar-refractivity contribution in [2.45, 2.75) is 13.0 Å². The van der Waals surface area contributed by atoms with Crippen LogP contribution in [0.5, 0.6) is 0 Å². The van der Waals surface area contributed by atoms with E-state index in [9.17, 15) is 14.4 Å². The van der Waals surface area contributed by atoms with Crippen LogP contribution in [0, 0.1) is 0 Å². The number of carbonyl (C=O) groups is 3. The second kappa shape index (κ2) is 5.16. The summed E-state index contributed by atoms with van der Waals surface area (Å²) in [7, 11) is 0. The summed E-state index contributed by atoms with van der Waals surface area (Å²) in [6.45, 7) is 0.252. The number of imide groups is 1. The molecule has 106 valence electrons. The Labute approximate surface area is 118 Å². The smallest absolute Gasteiger partial charge is 0.330 e. The molecule has 2 aromatic rings. The van der Waals surface area contributed by atoms with Gasteiger partial charge in [0, 0.05) is 6.20 Å². The Balaban J connectivity index is 1.65. The molecule has 2 heterocycles. The molecular formula is C13H10N4O4. The van der Waals surface area contributed by atoms with E-state index >= 15 is 0 Å². The van der Waals surface area contributed by atoms with E-state index in [0.717, 1.165) is 0 Å². The number of hydroxylamine groups is 2. The lowest BCUT2D eigenvalue weighted by molar-refractivity contribution is -0.168. The van der Waals surface area contributed by atoms with Crippen LogP contribution in [0.3, 0.4) is 0 Å². The lowest BCUT2D eigenvalue weighted by Gasteiger charge is -2.12. The molecule has 0 N–H and O–H groups in total. The maximum atomic E-state index is 12.0. The van der Waals surface area contributed by atoms with Gasteiger partial charge in [-0.2, -0.15) is 0 Å². The summed E-state index contributed by atoms with van der Waals surface area (Å²) in [5, 5.41) is 7.78. The summed E-state index contributed by atoms with van der Waals surface area (Å²) in [4.78, 5) is 40.5. The molecule has 3 rings (SSSR count). The summed E-state index contributed by atoms with van der Waals surface area (Å²) in [5.74, 6) is -1.96. The van der Waals surface area contributed by atoms with Gasteiger partial charge in [-0.05, 0) is 12.1 Å². The van der Waals surface area contributed by atoms with Crippen LogP contribution < -0.4 is 0 Å². The van der Waals surface area contributed by atoms with Crippen LogP contribution in [-0.4, -0.2) is 37.8 Å². The Bertz CT molecular complexity index is 676. The zero-order chi connectivity index (χ0) is 14.8. The number of aryl methyl sites for hydroxylation is 1. The number of hydrogen-bond acceptors (Lipinski definition) is 6. The fourth-order valence-corrected chi connectivity index (χ4v) is 1.96. The third kappa shape index (κ3) is 2.38. The van der Waals surface area contributed by atoms with Crippen molar-refractivity contribution in [2.75, 3.05) is 0 Å². The summed E-state index contributed by atoms with van der Waals surface area (Å²) < 4.78 is 1.45. The van der Waals surface area contributed by atoms with E-state index in [4.69, 9.17) is 4.84 Å². The van der Waals surface area contributed by atoms with Crippen LogP contribution in [0.4, 0.5) is 0 Å². The lowest BCUT2D eigenvalue weighted by atomic mass is 10.1.